The van der Waals surface area contributed by atoms with Crippen LogP contribution < -0.4 is 5.32 Å². The number of carbonyl (C=O) groups excluding carboxylic acids is 2. The minimum absolute atomic E-state index is 0.0130. The molecule has 0 radical (unpaired) electrons. The summed E-state index contributed by atoms with van der Waals surface area (Å²) in [6.45, 7) is 7.91. The lowest BCUT2D eigenvalue weighted by molar-refractivity contribution is -0.154. The number of likely N-dealkylation sites (tertiary alicyclic amines) is 1. The lowest BCUT2D eigenvalue weighted by Gasteiger charge is -2.46. The number of amides is 2. The van der Waals surface area contributed by atoms with Crippen LogP contribution in [0.3, 0.4) is 0 Å². The van der Waals surface area contributed by atoms with E-state index < -0.39 is 0 Å². The lowest BCUT2D eigenvalue weighted by Crippen LogP contribution is -2.68. The summed E-state index contributed by atoms with van der Waals surface area (Å²) in [7, 11) is 2.08. The molecule has 0 aromatic rings. The first-order valence-electron chi connectivity index (χ1n) is 7.76. The van der Waals surface area contributed by atoms with Crippen molar-refractivity contribution in [2.75, 3.05) is 20.1 Å². The maximum Gasteiger partial charge on any atom is 0.246 e. The molecule has 2 heterocycles. The summed E-state index contributed by atoms with van der Waals surface area (Å²) in [6.07, 6.45) is 2.78. The normalized spacial score (nSPS) is 32.6. The van der Waals surface area contributed by atoms with E-state index in [1.54, 1.807) is 0 Å². The van der Waals surface area contributed by atoms with E-state index in [2.05, 4.69) is 17.3 Å². The summed E-state index contributed by atoms with van der Waals surface area (Å²) >= 11 is 0. The van der Waals surface area contributed by atoms with Crippen molar-refractivity contribution in [3.8, 4) is 0 Å². The van der Waals surface area contributed by atoms with Gasteiger partial charge in [-0.1, -0.05) is 20.8 Å². The predicted octanol–water partition coefficient (Wildman–Crippen LogP) is 0.842. The van der Waals surface area contributed by atoms with Gasteiger partial charge in [0.1, 0.15) is 12.1 Å². The van der Waals surface area contributed by atoms with Crippen LogP contribution in [-0.2, 0) is 9.59 Å². The van der Waals surface area contributed by atoms with Crippen LogP contribution in [0.15, 0.2) is 0 Å². The standard InChI is InChI=1S/C15H27N3O2/c1-5-12-14(19)16-13(10(2)3)15(20)18(12)11-7-6-8-17(4)9-11/h10-13H,5-9H2,1-4H3,(H,16,19). The van der Waals surface area contributed by atoms with Gasteiger partial charge < -0.3 is 15.1 Å². The maximum atomic E-state index is 12.8. The number of rotatable bonds is 3. The van der Waals surface area contributed by atoms with Gasteiger partial charge >= 0.3 is 0 Å². The van der Waals surface area contributed by atoms with Crippen LogP contribution in [0.25, 0.3) is 0 Å². The molecule has 2 aliphatic rings. The van der Waals surface area contributed by atoms with Crippen LogP contribution in [0.4, 0.5) is 0 Å². The summed E-state index contributed by atoms with van der Waals surface area (Å²) in [5, 5.41) is 2.90. The SMILES string of the molecule is CCC1C(=O)NC(C(C)C)C(=O)N1C1CCCN(C)C1. The summed E-state index contributed by atoms with van der Waals surface area (Å²) < 4.78 is 0. The highest BCUT2D eigenvalue weighted by molar-refractivity contribution is 5.97. The summed E-state index contributed by atoms with van der Waals surface area (Å²) in [4.78, 5) is 29.2. The van der Waals surface area contributed by atoms with Gasteiger partial charge in [-0.3, -0.25) is 9.59 Å². The van der Waals surface area contributed by atoms with Crippen LogP contribution in [-0.4, -0.2) is 59.9 Å². The van der Waals surface area contributed by atoms with Crippen molar-refractivity contribution >= 4 is 11.8 Å². The number of piperidine rings is 1. The molecule has 2 rings (SSSR count). The number of likely N-dealkylation sites (N-methyl/N-ethyl adjacent to an activating group) is 1. The summed E-state index contributed by atoms with van der Waals surface area (Å²) in [5.41, 5.74) is 0. The van der Waals surface area contributed by atoms with E-state index in [0.717, 1.165) is 25.9 Å². The smallest absolute Gasteiger partial charge is 0.246 e. The Morgan fingerprint density at radius 1 is 1.35 bits per heavy atom. The Morgan fingerprint density at radius 3 is 2.60 bits per heavy atom. The van der Waals surface area contributed by atoms with E-state index >= 15 is 0 Å². The average Bonchev–Trinajstić information content (AvgIpc) is 2.40. The van der Waals surface area contributed by atoms with Crippen LogP contribution in [0.5, 0.6) is 0 Å². The Labute approximate surface area is 121 Å². The van der Waals surface area contributed by atoms with Gasteiger partial charge in [-0.05, 0) is 38.8 Å². The first kappa shape index (κ1) is 15.3. The fraction of sp³-hybridized carbons (Fsp3) is 0.867. The van der Waals surface area contributed by atoms with Crippen LogP contribution in [0.1, 0.15) is 40.0 Å². The maximum absolute atomic E-state index is 12.8. The second-order valence-electron chi connectivity index (χ2n) is 6.46. The summed E-state index contributed by atoms with van der Waals surface area (Å²) in [6, 6.07) is -0.481. The molecular formula is C15H27N3O2. The fourth-order valence-electron chi connectivity index (χ4n) is 3.39. The van der Waals surface area contributed by atoms with Gasteiger partial charge in [0.2, 0.25) is 11.8 Å². The molecule has 0 spiro atoms. The van der Waals surface area contributed by atoms with Crippen molar-refractivity contribution in [1.29, 1.82) is 0 Å². The lowest BCUT2D eigenvalue weighted by atomic mass is 9.93. The summed E-state index contributed by atoms with van der Waals surface area (Å²) in [5.74, 6) is 0.249. The zero-order valence-corrected chi connectivity index (χ0v) is 13.1. The van der Waals surface area contributed by atoms with Gasteiger partial charge in [0.25, 0.3) is 0 Å². The van der Waals surface area contributed by atoms with Crippen molar-refractivity contribution < 1.29 is 9.59 Å². The molecule has 0 aromatic carbocycles. The molecule has 2 fully saturated rings. The Hall–Kier alpha value is -1.10. The number of piperazine rings is 1. The molecule has 114 valence electrons. The molecule has 20 heavy (non-hydrogen) atoms. The Morgan fingerprint density at radius 2 is 2.05 bits per heavy atom. The molecule has 1 N–H and O–H groups in total. The molecule has 5 heteroatoms. The molecule has 0 bridgehead atoms. The highest BCUT2D eigenvalue weighted by Crippen LogP contribution is 2.24. The van der Waals surface area contributed by atoms with Gasteiger partial charge in [-0.25, -0.2) is 0 Å². The first-order valence-corrected chi connectivity index (χ1v) is 7.76. The second kappa shape index (κ2) is 6.12. The van der Waals surface area contributed by atoms with Crippen LogP contribution >= 0.6 is 0 Å². The zero-order valence-electron chi connectivity index (χ0n) is 13.1. The van der Waals surface area contributed by atoms with Crippen molar-refractivity contribution in [1.82, 2.24) is 15.1 Å². The van der Waals surface area contributed by atoms with Gasteiger partial charge in [0.15, 0.2) is 0 Å². The highest BCUT2D eigenvalue weighted by atomic mass is 16.2. The van der Waals surface area contributed by atoms with E-state index in [4.69, 9.17) is 0 Å². The molecule has 2 amide bonds. The van der Waals surface area contributed by atoms with Crippen molar-refractivity contribution in [2.45, 2.75) is 58.2 Å². The first-order chi connectivity index (χ1) is 9.45. The van der Waals surface area contributed by atoms with E-state index in [9.17, 15) is 9.59 Å². The quantitative estimate of drug-likeness (QED) is 0.834. The van der Waals surface area contributed by atoms with Crippen molar-refractivity contribution in [2.24, 2.45) is 5.92 Å². The minimum Gasteiger partial charge on any atom is -0.342 e. The van der Waals surface area contributed by atoms with E-state index in [1.165, 1.54) is 0 Å². The molecule has 0 saturated carbocycles. The number of hydrogen-bond donors (Lipinski definition) is 1. The molecule has 3 unspecified atom stereocenters. The molecule has 0 aromatic heterocycles. The molecule has 3 atom stereocenters. The predicted molar refractivity (Wildman–Crippen MR) is 78.2 cm³/mol. The topological polar surface area (TPSA) is 52.7 Å². The van der Waals surface area contributed by atoms with Gasteiger partial charge in [-0.2, -0.15) is 0 Å². The Balaban J connectivity index is 2.24. The zero-order chi connectivity index (χ0) is 14.9. The molecule has 0 aliphatic carbocycles. The van der Waals surface area contributed by atoms with Crippen molar-refractivity contribution in [3.05, 3.63) is 0 Å². The largest absolute Gasteiger partial charge is 0.342 e. The number of hydrogen-bond acceptors (Lipinski definition) is 3. The van der Waals surface area contributed by atoms with Gasteiger partial charge in [-0.15, -0.1) is 0 Å². The minimum atomic E-state index is -0.363. The molecule has 2 saturated heterocycles. The fourth-order valence-corrected chi connectivity index (χ4v) is 3.39. The average molecular weight is 281 g/mol. The second-order valence-corrected chi connectivity index (χ2v) is 6.46. The van der Waals surface area contributed by atoms with Gasteiger partial charge in [0, 0.05) is 12.6 Å². The number of nitrogens with zero attached hydrogens (tertiary/aromatic N) is 2. The van der Waals surface area contributed by atoms with Gasteiger partial charge in [0.05, 0.1) is 0 Å². The third-order valence-electron chi connectivity index (χ3n) is 4.50. The van der Waals surface area contributed by atoms with E-state index in [1.807, 2.05) is 25.7 Å². The Bertz CT molecular complexity index is 383. The van der Waals surface area contributed by atoms with E-state index in [0.29, 0.717) is 6.42 Å². The number of carbonyl (C=O) groups is 2. The van der Waals surface area contributed by atoms with Crippen molar-refractivity contribution in [3.63, 3.8) is 0 Å². The molecule has 2 aliphatic heterocycles. The number of nitrogens with one attached hydrogen (secondary N) is 1. The third-order valence-corrected chi connectivity index (χ3v) is 4.50. The Kier molecular flexibility index (Phi) is 4.68. The van der Waals surface area contributed by atoms with Crippen LogP contribution in [0, 0.1) is 5.92 Å². The molecular weight excluding hydrogens is 254 g/mol. The molecule has 5 nitrogen and oxygen atoms in total. The third kappa shape index (κ3) is 2.82. The highest BCUT2D eigenvalue weighted by Gasteiger charge is 2.44. The monoisotopic (exact) mass is 281 g/mol. The van der Waals surface area contributed by atoms with E-state index in [-0.39, 0.29) is 35.9 Å². The van der Waals surface area contributed by atoms with Crippen LogP contribution in [0.2, 0.25) is 0 Å².